The van der Waals surface area contributed by atoms with Gasteiger partial charge in [0.05, 0.1) is 11.1 Å². The Kier molecular flexibility index (Phi) is 5.60. The van der Waals surface area contributed by atoms with Crippen molar-refractivity contribution in [3.05, 3.63) is 72.3 Å². The van der Waals surface area contributed by atoms with E-state index in [2.05, 4.69) is 9.93 Å². The second-order valence-electron chi connectivity index (χ2n) is 6.03. The van der Waals surface area contributed by atoms with Crippen LogP contribution in [0.2, 0.25) is 0 Å². The van der Waals surface area contributed by atoms with Gasteiger partial charge in [0.2, 0.25) is 0 Å². The van der Waals surface area contributed by atoms with Gasteiger partial charge < -0.3 is 9.84 Å². The Hall–Kier alpha value is -3.39. The number of benzene rings is 3. The van der Waals surface area contributed by atoms with E-state index >= 15 is 0 Å². The van der Waals surface area contributed by atoms with E-state index in [0.29, 0.717) is 11.3 Å². The summed E-state index contributed by atoms with van der Waals surface area (Å²) in [6.07, 6.45) is 0.386. The van der Waals surface area contributed by atoms with Crippen LogP contribution in [0.25, 0.3) is 10.8 Å². The van der Waals surface area contributed by atoms with Crippen LogP contribution in [-0.4, -0.2) is 31.8 Å². The van der Waals surface area contributed by atoms with Gasteiger partial charge in [0.15, 0.2) is 6.10 Å². The van der Waals surface area contributed by atoms with Crippen molar-refractivity contribution in [2.24, 2.45) is 5.10 Å². The standard InChI is InChI=1S/C20H18N2O5S/c1-14(20(23)24)27-18-9-6-15(7-10-18)13-21-22-28(25,26)19-11-8-16-4-2-3-5-17(16)12-19/h2-14,22H,1H3,(H,23,24)/b21-13+/t14-/m1/s1. The Balaban J connectivity index is 1.68. The van der Waals surface area contributed by atoms with E-state index in [1.165, 1.54) is 19.2 Å². The summed E-state index contributed by atoms with van der Waals surface area (Å²) in [6, 6.07) is 18.8. The van der Waals surface area contributed by atoms with Crippen LogP contribution >= 0.6 is 0 Å². The quantitative estimate of drug-likeness (QED) is 0.470. The molecule has 144 valence electrons. The molecule has 3 aromatic rings. The third kappa shape index (κ3) is 4.66. The number of sulfonamides is 1. The van der Waals surface area contributed by atoms with E-state index in [9.17, 15) is 13.2 Å². The molecular weight excluding hydrogens is 380 g/mol. The molecule has 2 N–H and O–H groups in total. The minimum absolute atomic E-state index is 0.120. The number of aliphatic carboxylic acids is 1. The second-order valence-corrected chi connectivity index (χ2v) is 7.69. The fraction of sp³-hybridized carbons (Fsp3) is 0.100. The highest BCUT2D eigenvalue weighted by molar-refractivity contribution is 7.89. The van der Waals surface area contributed by atoms with Crippen molar-refractivity contribution in [3.8, 4) is 5.75 Å². The van der Waals surface area contributed by atoms with Gasteiger partial charge in [-0.1, -0.05) is 30.3 Å². The van der Waals surface area contributed by atoms with Gasteiger partial charge in [0.1, 0.15) is 5.75 Å². The van der Waals surface area contributed by atoms with Crippen LogP contribution in [0.4, 0.5) is 0 Å². The maximum atomic E-state index is 12.4. The average molecular weight is 398 g/mol. The van der Waals surface area contributed by atoms with Crippen LogP contribution in [0, 0.1) is 0 Å². The predicted octanol–water partition coefficient (Wildman–Crippen LogP) is 3.00. The summed E-state index contributed by atoms with van der Waals surface area (Å²) < 4.78 is 30.0. The molecule has 0 saturated carbocycles. The van der Waals surface area contributed by atoms with Crippen molar-refractivity contribution in [1.29, 1.82) is 0 Å². The average Bonchev–Trinajstić information content (AvgIpc) is 2.68. The molecule has 28 heavy (non-hydrogen) atoms. The number of carboxylic acid groups (broad SMARTS) is 1. The lowest BCUT2D eigenvalue weighted by Gasteiger charge is -2.10. The summed E-state index contributed by atoms with van der Waals surface area (Å²) in [5.74, 6) is -0.669. The summed E-state index contributed by atoms with van der Waals surface area (Å²) in [6.45, 7) is 1.43. The minimum atomic E-state index is -3.79. The molecule has 8 heteroatoms. The van der Waals surface area contributed by atoms with Crippen LogP contribution in [-0.2, 0) is 14.8 Å². The number of nitrogens with one attached hydrogen (secondary N) is 1. The molecule has 0 radical (unpaired) electrons. The summed E-state index contributed by atoms with van der Waals surface area (Å²) in [5.41, 5.74) is 0.622. The third-order valence-electron chi connectivity index (χ3n) is 3.96. The number of nitrogens with zero attached hydrogens (tertiary/aromatic N) is 1. The third-order valence-corrected chi connectivity index (χ3v) is 5.18. The molecule has 0 unspecified atom stereocenters. The van der Waals surface area contributed by atoms with Crippen molar-refractivity contribution < 1.29 is 23.1 Å². The molecular formula is C20H18N2O5S. The maximum absolute atomic E-state index is 12.4. The van der Waals surface area contributed by atoms with Crippen LogP contribution in [0.5, 0.6) is 5.75 Å². The zero-order valence-electron chi connectivity index (χ0n) is 14.9. The Morgan fingerprint density at radius 2 is 1.75 bits per heavy atom. The normalized spacial score (nSPS) is 12.8. The Labute approximate surface area is 162 Å². The Bertz CT molecular complexity index is 1120. The molecule has 7 nitrogen and oxygen atoms in total. The van der Waals surface area contributed by atoms with Gasteiger partial charge in [-0.25, -0.2) is 9.63 Å². The highest BCUT2D eigenvalue weighted by Crippen LogP contribution is 2.19. The number of ether oxygens (including phenoxy) is 1. The van der Waals surface area contributed by atoms with Gasteiger partial charge in [-0.3, -0.25) is 0 Å². The van der Waals surface area contributed by atoms with Crippen LogP contribution in [0.3, 0.4) is 0 Å². The number of fused-ring (bicyclic) bond motifs is 1. The van der Waals surface area contributed by atoms with E-state index in [4.69, 9.17) is 9.84 Å². The van der Waals surface area contributed by atoms with Crippen molar-refractivity contribution in [2.45, 2.75) is 17.9 Å². The fourth-order valence-electron chi connectivity index (χ4n) is 2.44. The highest BCUT2D eigenvalue weighted by atomic mass is 32.2. The first kappa shape index (κ1) is 19.4. The molecule has 0 spiro atoms. The largest absolute Gasteiger partial charge is 0.479 e. The zero-order valence-corrected chi connectivity index (χ0v) is 15.8. The Morgan fingerprint density at radius 1 is 1.07 bits per heavy atom. The number of hydrogen-bond acceptors (Lipinski definition) is 5. The molecule has 0 bridgehead atoms. The van der Waals surface area contributed by atoms with Gasteiger partial charge >= 0.3 is 5.97 Å². The first-order valence-electron chi connectivity index (χ1n) is 8.38. The molecule has 3 rings (SSSR count). The van der Waals surface area contributed by atoms with Crippen molar-refractivity contribution in [2.75, 3.05) is 0 Å². The number of carboxylic acids is 1. The van der Waals surface area contributed by atoms with Gasteiger partial charge in [-0.15, -0.1) is 0 Å². The summed E-state index contributed by atoms with van der Waals surface area (Å²) in [4.78, 5) is 13.1. The summed E-state index contributed by atoms with van der Waals surface area (Å²) in [5, 5.41) is 14.4. The van der Waals surface area contributed by atoms with Gasteiger partial charge in [0, 0.05) is 0 Å². The lowest BCUT2D eigenvalue weighted by Crippen LogP contribution is -2.22. The molecule has 0 heterocycles. The number of hydrazone groups is 1. The lowest BCUT2D eigenvalue weighted by atomic mass is 10.1. The molecule has 0 saturated heterocycles. The van der Waals surface area contributed by atoms with Crippen molar-refractivity contribution >= 4 is 33.0 Å². The maximum Gasteiger partial charge on any atom is 0.344 e. The van der Waals surface area contributed by atoms with E-state index in [0.717, 1.165) is 10.8 Å². The molecule has 0 aliphatic heterocycles. The minimum Gasteiger partial charge on any atom is -0.479 e. The summed E-state index contributed by atoms with van der Waals surface area (Å²) in [7, 11) is -3.79. The SMILES string of the molecule is C[C@@H](Oc1ccc(/C=N/NS(=O)(=O)c2ccc3ccccc3c2)cc1)C(=O)O. The van der Waals surface area contributed by atoms with E-state index in [1.54, 1.807) is 36.4 Å². The monoisotopic (exact) mass is 398 g/mol. The smallest absolute Gasteiger partial charge is 0.344 e. The summed E-state index contributed by atoms with van der Waals surface area (Å²) >= 11 is 0. The topological polar surface area (TPSA) is 105 Å². The van der Waals surface area contributed by atoms with Crippen LogP contribution < -0.4 is 9.57 Å². The number of rotatable bonds is 7. The lowest BCUT2D eigenvalue weighted by molar-refractivity contribution is -0.144. The van der Waals surface area contributed by atoms with E-state index in [-0.39, 0.29) is 4.90 Å². The first-order chi connectivity index (χ1) is 13.3. The van der Waals surface area contributed by atoms with Gasteiger partial charge in [0.25, 0.3) is 10.0 Å². The molecule has 0 aromatic heterocycles. The van der Waals surface area contributed by atoms with Gasteiger partial charge in [-0.2, -0.15) is 13.5 Å². The molecule has 0 amide bonds. The predicted molar refractivity (Wildman–Crippen MR) is 106 cm³/mol. The van der Waals surface area contributed by atoms with E-state index in [1.807, 2.05) is 24.3 Å². The zero-order chi connectivity index (χ0) is 20.1. The second kappa shape index (κ2) is 8.10. The van der Waals surface area contributed by atoms with Crippen molar-refractivity contribution in [1.82, 2.24) is 4.83 Å². The van der Waals surface area contributed by atoms with Crippen LogP contribution in [0.1, 0.15) is 12.5 Å². The highest BCUT2D eigenvalue weighted by Gasteiger charge is 2.13. The first-order valence-corrected chi connectivity index (χ1v) is 9.87. The molecule has 1 atom stereocenters. The number of hydrogen-bond donors (Lipinski definition) is 2. The fourth-order valence-corrected chi connectivity index (χ4v) is 3.27. The molecule has 0 aliphatic carbocycles. The molecule has 0 aliphatic rings. The van der Waals surface area contributed by atoms with Crippen LogP contribution in [0.15, 0.2) is 76.7 Å². The number of carbonyl (C=O) groups is 1. The Morgan fingerprint density at radius 3 is 2.43 bits per heavy atom. The van der Waals surface area contributed by atoms with Crippen molar-refractivity contribution in [3.63, 3.8) is 0 Å². The van der Waals surface area contributed by atoms with Gasteiger partial charge in [-0.05, 0) is 59.7 Å². The molecule has 3 aromatic carbocycles. The molecule has 0 fully saturated rings. The van der Waals surface area contributed by atoms with E-state index < -0.39 is 22.1 Å².